The van der Waals surface area contributed by atoms with Crippen LogP contribution in [0.15, 0.2) is 0 Å². The number of hydrogen-bond donors (Lipinski definition) is 0. The molecule has 0 N–H and O–H groups in total. The van der Waals surface area contributed by atoms with Crippen LogP contribution in [-0.4, -0.2) is 78.8 Å². The maximum Gasteiger partial charge on any atom is 0.0812 e. The van der Waals surface area contributed by atoms with Gasteiger partial charge in [0.2, 0.25) is 0 Å². The lowest BCUT2D eigenvalue weighted by atomic mass is 10.1. The van der Waals surface area contributed by atoms with Gasteiger partial charge >= 0.3 is 0 Å². The summed E-state index contributed by atoms with van der Waals surface area (Å²) in [6, 6.07) is 0. The summed E-state index contributed by atoms with van der Waals surface area (Å²) in [7, 11) is 0. The van der Waals surface area contributed by atoms with Gasteiger partial charge in [0.25, 0.3) is 0 Å². The molecule has 1 fully saturated rings. The zero-order valence-electron chi connectivity index (χ0n) is 14.1. The van der Waals surface area contributed by atoms with E-state index >= 15 is 0 Å². The molecular weight excluding hydrogens is 288 g/mol. The first kappa shape index (κ1) is 19.8. The minimum Gasteiger partial charge on any atom is -0.377 e. The molecule has 0 aromatic carbocycles. The van der Waals surface area contributed by atoms with Gasteiger partial charge in [-0.15, -0.1) is 0 Å². The highest BCUT2D eigenvalue weighted by Crippen LogP contribution is 2.09. The maximum atomic E-state index is 5.85. The lowest BCUT2D eigenvalue weighted by Crippen LogP contribution is -2.25. The van der Waals surface area contributed by atoms with Gasteiger partial charge in [-0.05, 0) is 12.3 Å². The molecule has 6 nitrogen and oxygen atoms in total. The van der Waals surface area contributed by atoms with Crippen LogP contribution in [-0.2, 0) is 28.4 Å². The van der Waals surface area contributed by atoms with Gasteiger partial charge in [0.05, 0.1) is 78.8 Å². The highest BCUT2D eigenvalue weighted by molar-refractivity contribution is 4.60. The van der Waals surface area contributed by atoms with Gasteiger partial charge in [0.1, 0.15) is 0 Å². The highest BCUT2D eigenvalue weighted by atomic mass is 16.6. The van der Waals surface area contributed by atoms with E-state index in [0.29, 0.717) is 78.6 Å². The van der Waals surface area contributed by atoms with Gasteiger partial charge in [-0.3, -0.25) is 0 Å². The Labute approximate surface area is 134 Å². The largest absolute Gasteiger partial charge is 0.377 e. The van der Waals surface area contributed by atoms with Gasteiger partial charge < -0.3 is 28.4 Å². The predicted molar refractivity (Wildman–Crippen MR) is 83.3 cm³/mol. The van der Waals surface area contributed by atoms with Gasteiger partial charge in [-0.1, -0.05) is 13.8 Å². The molecule has 6 heteroatoms. The second-order valence-corrected chi connectivity index (χ2v) is 5.65. The summed E-state index contributed by atoms with van der Waals surface area (Å²) in [6.07, 6.45) is 1.10. The number of rotatable bonds is 2. The first-order valence-corrected chi connectivity index (χ1v) is 8.29. The van der Waals surface area contributed by atoms with Gasteiger partial charge in [0, 0.05) is 0 Å². The minimum absolute atomic E-state index is 0.113. The van der Waals surface area contributed by atoms with Crippen LogP contribution in [0.4, 0.5) is 0 Å². The second-order valence-electron chi connectivity index (χ2n) is 5.65. The van der Waals surface area contributed by atoms with Crippen molar-refractivity contribution in [3.05, 3.63) is 0 Å². The van der Waals surface area contributed by atoms with Crippen LogP contribution in [0, 0.1) is 5.92 Å². The van der Waals surface area contributed by atoms with Crippen molar-refractivity contribution in [2.45, 2.75) is 26.4 Å². The Morgan fingerprint density at radius 3 is 1.50 bits per heavy atom. The molecular formula is C16H32O6. The van der Waals surface area contributed by atoms with Crippen LogP contribution in [0.2, 0.25) is 0 Å². The zero-order chi connectivity index (χ0) is 15.9. The molecule has 1 heterocycles. The lowest BCUT2D eigenvalue weighted by molar-refractivity contribution is -0.0652. The van der Waals surface area contributed by atoms with E-state index in [1.165, 1.54) is 0 Å². The lowest BCUT2D eigenvalue weighted by Gasteiger charge is -2.20. The molecule has 1 aliphatic heterocycles. The fraction of sp³-hybridized carbons (Fsp3) is 1.00. The van der Waals surface area contributed by atoms with Crippen molar-refractivity contribution in [2.75, 3.05) is 72.7 Å². The smallest absolute Gasteiger partial charge is 0.0812 e. The first-order valence-electron chi connectivity index (χ1n) is 8.29. The predicted octanol–water partition coefficient (Wildman–Crippen LogP) is 1.51. The van der Waals surface area contributed by atoms with E-state index in [4.69, 9.17) is 28.4 Å². The third-order valence-corrected chi connectivity index (χ3v) is 3.11. The fourth-order valence-corrected chi connectivity index (χ4v) is 2.08. The summed E-state index contributed by atoms with van der Waals surface area (Å²) >= 11 is 0. The summed E-state index contributed by atoms with van der Waals surface area (Å²) in [4.78, 5) is 0. The summed E-state index contributed by atoms with van der Waals surface area (Å²) in [6.45, 7) is 10.8. The monoisotopic (exact) mass is 320 g/mol. The third-order valence-electron chi connectivity index (χ3n) is 3.11. The SMILES string of the molecule is CC(C)CC1COCCOCCOCCOCCOCCO1. The van der Waals surface area contributed by atoms with Crippen molar-refractivity contribution in [3.8, 4) is 0 Å². The third kappa shape index (κ3) is 12.3. The molecule has 22 heavy (non-hydrogen) atoms. The fourth-order valence-electron chi connectivity index (χ4n) is 2.08. The van der Waals surface area contributed by atoms with Crippen molar-refractivity contribution >= 4 is 0 Å². The Bertz CT molecular complexity index is 219. The van der Waals surface area contributed by atoms with E-state index < -0.39 is 0 Å². The van der Waals surface area contributed by atoms with Crippen molar-refractivity contribution in [3.63, 3.8) is 0 Å². The second kappa shape index (κ2) is 14.4. The standard InChI is InChI=1S/C16H32O6/c1-15(2)13-16-14-21-10-9-19-6-5-17-3-4-18-7-8-20-11-12-22-16/h15-16H,3-14H2,1-2H3. The molecule has 0 spiro atoms. The summed E-state index contributed by atoms with van der Waals surface area (Å²) in [5, 5.41) is 0. The topological polar surface area (TPSA) is 55.4 Å². The molecule has 0 radical (unpaired) electrons. The number of hydrogen-bond acceptors (Lipinski definition) is 6. The molecule has 0 aromatic heterocycles. The van der Waals surface area contributed by atoms with E-state index in [9.17, 15) is 0 Å². The average Bonchev–Trinajstić information content (AvgIpc) is 2.48. The minimum atomic E-state index is 0.113. The zero-order valence-corrected chi connectivity index (χ0v) is 14.1. The van der Waals surface area contributed by atoms with E-state index in [1.807, 2.05) is 0 Å². The molecule has 1 aliphatic rings. The molecule has 1 rings (SSSR count). The first-order chi connectivity index (χ1) is 10.8. The van der Waals surface area contributed by atoms with Crippen molar-refractivity contribution < 1.29 is 28.4 Å². The van der Waals surface area contributed by atoms with E-state index in [0.717, 1.165) is 6.42 Å². The molecule has 1 unspecified atom stereocenters. The van der Waals surface area contributed by atoms with Crippen molar-refractivity contribution in [1.82, 2.24) is 0 Å². The summed E-state index contributed by atoms with van der Waals surface area (Å²) in [5.74, 6) is 0.578. The van der Waals surface area contributed by atoms with Crippen molar-refractivity contribution in [2.24, 2.45) is 5.92 Å². The molecule has 0 bridgehead atoms. The van der Waals surface area contributed by atoms with Crippen LogP contribution < -0.4 is 0 Å². The van der Waals surface area contributed by atoms with Crippen LogP contribution >= 0.6 is 0 Å². The van der Waals surface area contributed by atoms with Crippen LogP contribution in [0.25, 0.3) is 0 Å². The Morgan fingerprint density at radius 2 is 1.05 bits per heavy atom. The van der Waals surface area contributed by atoms with Crippen molar-refractivity contribution in [1.29, 1.82) is 0 Å². The Kier molecular flexibility index (Phi) is 12.9. The molecule has 1 saturated heterocycles. The quantitative estimate of drug-likeness (QED) is 0.769. The van der Waals surface area contributed by atoms with E-state index in [2.05, 4.69) is 13.8 Å². The normalized spacial score (nSPS) is 25.5. The Hall–Kier alpha value is -0.240. The molecule has 1 atom stereocenters. The Balaban J connectivity index is 2.23. The van der Waals surface area contributed by atoms with Crippen LogP contribution in [0.1, 0.15) is 20.3 Å². The molecule has 0 aromatic rings. The van der Waals surface area contributed by atoms with Gasteiger partial charge in [0.15, 0.2) is 0 Å². The van der Waals surface area contributed by atoms with Crippen LogP contribution in [0.3, 0.4) is 0 Å². The average molecular weight is 320 g/mol. The summed E-state index contributed by atoms with van der Waals surface area (Å²) < 4.78 is 33.2. The molecule has 0 amide bonds. The maximum absolute atomic E-state index is 5.85. The van der Waals surface area contributed by atoms with Gasteiger partial charge in [-0.2, -0.15) is 0 Å². The molecule has 132 valence electrons. The summed E-state index contributed by atoms with van der Waals surface area (Å²) in [5.41, 5.74) is 0. The van der Waals surface area contributed by atoms with E-state index in [1.54, 1.807) is 0 Å². The van der Waals surface area contributed by atoms with E-state index in [-0.39, 0.29) is 6.10 Å². The molecule has 0 saturated carbocycles. The molecule has 0 aliphatic carbocycles. The Morgan fingerprint density at radius 1 is 0.636 bits per heavy atom. The van der Waals surface area contributed by atoms with Gasteiger partial charge in [-0.25, -0.2) is 0 Å². The van der Waals surface area contributed by atoms with Crippen LogP contribution in [0.5, 0.6) is 0 Å². The highest BCUT2D eigenvalue weighted by Gasteiger charge is 2.12. The number of ether oxygens (including phenoxy) is 6.